The zero-order chi connectivity index (χ0) is 15.1. The van der Waals surface area contributed by atoms with Crippen LogP contribution in [-0.2, 0) is 4.74 Å². The van der Waals surface area contributed by atoms with Crippen LogP contribution in [0.25, 0.3) is 0 Å². The predicted molar refractivity (Wildman–Crippen MR) is 90.7 cm³/mol. The second-order valence-corrected chi connectivity index (χ2v) is 6.82. The van der Waals surface area contributed by atoms with E-state index in [2.05, 4.69) is 29.6 Å². The zero-order valence-corrected chi connectivity index (χ0v) is 13.6. The minimum absolute atomic E-state index is 0.142. The van der Waals surface area contributed by atoms with Crippen molar-refractivity contribution in [2.24, 2.45) is 5.92 Å². The fourth-order valence-electron chi connectivity index (χ4n) is 3.68. The van der Waals surface area contributed by atoms with Gasteiger partial charge in [-0.1, -0.05) is 47.5 Å². The fraction of sp³-hybridized carbons (Fsp3) is 0.333. The second kappa shape index (κ2) is 5.77. The third-order valence-corrected chi connectivity index (χ3v) is 5.23. The van der Waals surface area contributed by atoms with E-state index < -0.39 is 0 Å². The molecule has 0 aliphatic carbocycles. The third kappa shape index (κ3) is 2.40. The largest absolute Gasteiger partial charge is 0.377 e. The van der Waals surface area contributed by atoms with Crippen molar-refractivity contribution in [3.05, 3.63) is 63.6 Å². The molecule has 0 radical (unpaired) electrons. The van der Waals surface area contributed by atoms with Gasteiger partial charge in [-0.3, -0.25) is 0 Å². The molecule has 2 aliphatic rings. The Morgan fingerprint density at radius 1 is 1.05 bits per heavy atom. The number of anilines is 1. The molecule has 0 saturated carbocycles. The van der Waals surface area contributed by atoms with Gasteiger partial charge in [-0.25, -0.2) is 0 Å². The quantitative estimate of drug-likeness (QED) is 0.730. The Balaban J connectivity index is 1.79. The average molecular weight is 334 g/mol. The first kappa shape index (κ1) is 14.4. The van der Waals surface area contributed by atoms with E-state index in [-0.39, 0.29) is 12.1 Å². The van der Waals surface area contributed by atoms with Crippen LogP contribution in [0.1, 0.15) is 36.1 Å². The molecule has 22 heavy (non-hydrogen) atoms. The van der Waals surface area contributed by atoms with Gasteiger partial charge in [-0.05, 0) is 36.6 Å². The minimum Gasteiger partial charge on any atom is -0.377 e. The lowest BCUT2D eigenvalue weighted by Gasteiger charge is -2.43. The molecule has 0 bridgehead atoms. The summed E-state index contributed by atoms with van der Waals surface area (Å²) in [6, 6.07) is 14.3. The van der Waals surface area contributed by atoms with Crippen molar-refractivity contribution in [3.63, 3.8) is 0 Å². The smallest absolute Gasteiger partial charge is 0.0895 e. The van der Waals surface area contributed by atoms with Crippen LogP contribution in [0.15, 0.2) is 42.5 Å². The van der Waals surface area contributed by atoms with Gasteiger partial charge in [0.25, 0.3) is 0 Å². The first-order valence-corrected chi connectivity index (χ1v) is 8.41. The molecule has 4 rings (SSSR count). The number of ether oxygens (including phenoxy) is 1. The van der Waals surface area contributed by atoms with Crippen molar-refractivity contribution >= 4 is 28.9 Å². The highest BCUT2D eigenvalue weighted by Gasteiger charge is 2.40. The predicted octanol–water partition coefficient (Wildman–Crippen LogP) is 5.63. The molecule has 0 aromatic heterocycles. The lowest BCUT2D eigenvalue weighted by molar-refractivity contribution is -0.0381. The van der Waals surface area contributed by atoms with E-state index in [0.29, 0.717) is 16.0 Å². The third-order valence-electron chi connectivity index (χ3n) is 4.67. The summed E-state index contributed by atoms with van der Waals surface area (Å²) in [7, 11) is 0. The summed E-state index contributed by atoms with van der Waals surface area (Å²) < 4.78 is 6.11. The summed E-state index contributed by atoms with van der Waals surface area (Å²) in [5.74, 6) is 0.391. The first-order valence-electron chi connectivity index (χ1n) is 7.66. The molecule has 4 heteroatoms. The summed E-state index contributed by atoms with van der Waals surface area (Å²) in [4.78, 5) is 0. The van der Waals surface area contributed by atoms with Crippen LogP contribution >= 0.6 is 23.2 Å². The van der Waals surface area contributed by atoms with Gasteiger partial charge in [0.15, 0.2) is 0 Å². The van der Waals surface area contributed by atoms with E-state index in [0.717, 1.165) is 30.7 Å². The number of hydrogen-bond acceptors (Lipinski definition) is 2. The number of nitrogens with one attached hydrogen (secondary N) is 1. The van der Waals surface area contributed by atoms with E-state index in [1.54, 1.807) is 0 Å². The van der Waals surface area contributed by atoms with Gasteiger partial charge in [0.1, 0.15) is 0 Å². The number of rotatable bonds is 1. The Kier molecular flexibility index (Phi) is 3.77. The molecule has 1 saturated heterocycles. The Hall–Kier alpha value is -1.22. The summed E-state index contributed by atoms with van der Waals surface area (Å²) in [6.07, 6.45) is 2.37. The molecule has 0 unspecified atom stereocenters. The van der Waals surface area contributed by atoms with Crippen LogP contribution in [-0.4, -0.2) is 6.61 Å². The maximum Gasteiger partial charge on any atom is 0.0895 e. The van der Waals surface area contributed by atoms with Crippen molar-refractivity contribution in [3.8, 4) is 0 Å². The number of hydrogen-bond donors (Lipinski definition) is 1. The monoisotopic (exact) mass is 333 g/mol. The maximum atomic E-state index is 6.46. The second-order valence-electron chi connectivity index (χ2n) is 5.97. The lowest BCUT2D eigenvalue weighted by atomic mass is 9.77. The Morgan fingerprint density at radius 3 is 2.77 bits per heavy atom. The standard InChI is InChI=1S/C18H17Cl2NO/c19-11-7-8-12(15(20)10-11)17-14-5-3-9-22-18(14)13-4-1-2-6-16(13)21-17/h1-2,4,6-8,10,14,17-18,21H,3,5,9H2/t14-,17+,18+/m1/s1. The van der Waals surface area contributed by atoms with Gasteiger partial charge >= 0.3 is 0 Å². The SMILES string of the molecule is Clc1ccc([C@@H]2Nc3ccccc3[C@@H]3OCCC[C@H]23)c(Cl)c1. The average Bonchev–Trinajstić information content (AvgIpc) is 2.54. The van der Waals surface area contributed by atoms with Crippen LogP contribution < -0.4 is 5.32 Å². The normalized spacial score (nSPS) is 26.7. The Bertz CT molecular complexity index is 703. The summed E-state index contributed by atoms with van der Waals surface area (Å²) >= 11 is 12.5. The van der Waals surface area contributed by atoms with E-state index in [9.17, 15) is 0 Å². The van der Waals surface area contributed by atoms with Crippen LogP contribution in [0.4, 0.5) is 5.69 Å². The van der Waals surface area contributed by atoms with Crippen LogP contribution in [0, 0.1) is 5.92 Å². The number of fused-ring (bicyclic) bond motifs is 3. The van der Waals surface area contributed by atoms with Gasteiger partial charge in [0.2, 0.25) is 0 Å². The topological polar surface area (TPSA) is 21.3 Å². The molecule has 2 aromatic carbocycles. The molecular formula is C18H17Cl2NO. The number of benzene rings is 2. The Morgan fingerprint density at radius 2 is 1.91 bits per heavy atom. The van der Waals surface area contributed by atoms with Crippen molar-refractivity contribution in [1.29, 1.82) is 0 Å². The molecular weight excluding hydrogens is 317 g/mol. The highest BCUT2D eigenvalue weighted by Crippen LogP contribution is 2.50. The molecule has 2 aromatic rings. The molecule has 0 spiro atoms. The van der Waals surface area contributed by atoms with E-state index in [4.69, 9.17) is 27.9 Å². The first-order chi connectivity index (χ1) is 10.7. The molecule has 114 valence electrons. The minimum atomic E-state index is 0.142. The number of halogens is 2. The molecule has 2 heterocycles. The van der Waals surface area contributed by atoms with E-state index in [1.165, 1.54) is 5.56 Å². The maximum absolute atomic E-state index is 6.46. The van der Waals surface area contributed by atoms with Crippen molar-refractivity contribution < 1.29 is 4.74 Å². The molecule has 2 aliphatic heterocycles. The lowest BCUT2D eigenvalue weighted by Crippen LogP contribution is -2.36. The number of para-hydroxylation sites is 1. The highest BCUT2D eigenvalue weighted by molar-refractivity contribution is 6.35. The van der Waals surface area contributed by atoms with Crippen molar-refractivity contribution in [2.45, 2.75) is 25.0 Å². The highest BCUT2D eigenvalue weighted by atomic mass is 35.5. The van der Waals surface area contributed by atoms with Gasteiger partial charge in [-0.15, -0.1) is 0 Å². The van der Waals surface area contributed by atoms with Gasteiger partial charge < -0.3 is 10.1 Å². The van der Waals surface area contributed by atoms with Crippen LogP contribution in [0.5, 0.6) is 0 Å². The summed E-state index contributed by atoms with van der Waals surface area (Å²) in [5, 5.41) is 5.05. The molecule has 0 amide bonds. The molecule has 1 fully saturated rings. The summed E-state index contributed by atoms with van der Waals surface area (Å²) in [6.45, 7) is 0.830. The van der Waals surface area contributed by atoms with Crippen molar-refractivity contribution in [2.75, 3.05) is 11.9 Å². The molecule has 3 atom stereocenters. The van der Waals surface area contributed by atoms with Crippen LogP contribution in [0.3, 0.4) is 0 Å². The summed E-state index contributed by atoms with van der Waals surface area (Å²) in [5.41, 5.74) is 3.50. The molecule has 2 nitrogen and oxygen atoms in total. The van der Waals surface area contributed by atoms with Gasteiger partial charge in [-0.2, -0.15) is 0 Å². The van der Waals surface area contributed by atoms with Gasteiger partial charge in [0.05, 0.1) is 12.1 Å². The van der Waals surface area contributed by atoms with E-state index in [1.807, 2.05) is 18.2 Å². The van der Waals surface area contributed by atoms with Crippen molar-refractivity contribution in [1.82, 2.24) is 0 Å². The van der Waals surface area contributed by atoms with Gasteiger partial charge in [0, 0.05) is 33.8 Å². The zero-order valence-electron chi connectivity index (χ0n) is 12.1. The fourth-order valence-corrected chi connectivity index (χ4v) is 4.21. The van der Waals surface area contributed by atoms with Crippen LogP contribution in [0.2, 0.25) is 10.0 Å². The van der Waals surface area contributed by atoms with E-state index >= 15 is 0 Å². The Labute approximate surface area is 140 Å². The molecule has 1 N–H and O–H groups in total.